The van der Waals surface area contributed by atoms with Crippen LogP contribution >= 0.6 is 11.6 Å². The molecule has 0 spiro atoms. The van der Waals surface area contributed by atoms with Gasteiger partial charge < -0.3 is 19.6 Å². The van der Waals surface area contributed by atoms with E-state index < -0.39 is 5.82 Å². The van der Waals surface area contributed by atoms with Gasteiger partial charge in [-0.15, -0.1) is 0 Å². The molecule has 1 amide bonds. The molecule has 1 N–H and O–H groups in total. The standard InChI is InChI=1S/C21H22ClFN2O4/c1-3-15-11-29-12-19(16(15)10-26)25-7-6-24(21(28)20(25)13(2)27)9-14-4-5-18(23)17(22)8-14/h3-5,8,10,27H,6-7,9,11-12H2,1-2H3/b15-3+,20-13+. The summed E-state index contributed by atoms with van der Waals surface area (Å²) >= 11 is 5.84. The lowest BCUT2D eigenvalue weighted by atomic mass is 10.0. The Bertz CT molecular complexity index is 935. The molecule has 0 radical (unpaired) electrons. The van der Waals surface area contributed by atoms with Crippen molar-refractivity contribution in [1.82, 2.24) is 9.80 Å². The van der Waals surface area contributed by atoms with Gasteiger partial charge in [0.1, 0.15) is 17.3 Å². The van der Waals surface area contributed by atoms with Gasteiger partial charge in [0.15, 0.2) is 6.29 Å². The minimum absolute atomic E-state index is 0.0123. The van der Waals surface area contributed by atoms with Crippen LogP contribution in [-0.4, -0.2) is 53.4 Å². The molecule has 0 saturated carbocycles. The first-order chi connectivity index (χ1) is 13.9. The summed E-state index contributed by atoms with van der Waals surface area (Å²) in [5.74, 6) is -1.06. The molecule has 1 fully saturated rings. The number of benzene rings is 1. The summed E-state index contributed by atoms with van der Waals surface area (Å²) in [6, 6.07) is 4.30. The fourth-order valence-corrected chi connectivity index (χ4v) is 3.74. The highest BCUT2D eigenvalue weighted by Crippen LogP contribution is 2.30. The smallest absolute Gasteiger partial charge is 0.274 e. The van der Waals surface area contributed by atoms with E-state index in [-0.39, 0.29) is 35.5 Å². The SMILES string of the molecule is C/C=C1\COCC(N2CCN(Cc3ccc(F)c(Cl)c3)C(=O)/C2=C(/C)O)=C1C=O. The number of aldehydes is 1. The van der Waals surface area contributed by atoms with E-state index in [1.165, 1.54) is 19.1 Å². The summed E-state index contributed by atoms with van der Waals surface area (Å²) in [7, 11) is 0. The average molecular weight is 421 g/mol. The first-order valence-corrected chi connectivity index (χ1v) is 9.57. The van der Waals surface area contributed by atoms with Gasteiger partial charge in [0, 0.05) is 25.2 Å². The molecule has 2 aliphatic rings. The van der Waals surface area contributed by atoms with E-state index in [2.05, 4.69) is 0 Å². The molecular formula is C21H22ClFN2O4. The van der Waals surface area contributed by atoms with E-state index >= 15 is 0 Å². The molecular weight excluding hydrogens is 399 g/mol. The molecule has 0 bridgehead atoms. The van der Waals surface area contributed by atoms with E-state index in [4.69, 9.17) is 16.3 Å². The van der Waals surface area contributed by atoms with Gasteiger partial charge in [-0.1, -0.05) is 23.7 Å². The van der Waals surface area contributed by atoms with Crippen LogP contribution in [0.2, 0.25) is 5.02 Å². The van der Waals surface area contributed by atoms with Crippen molar-refractivity contribution in [2.75, 3.05) is 26.3 Å². The lowest BCUT2D eigenvalue weighted by Gasteiger charge is -2.40. The fraction of sp³-hybridized carbons (Fsp3) is 0.333. The van der Waals surface area contributed by atoms with Crippen LogP contribution in [0.15, 0.2) is 52.6 Å². The quantitative estimate of drug-likeness (QED) is 0.459. The fourth-order valence-electron chi connectivity index (χ4n) is 3.53. The van der Waals surface area contributed by atoms with E-state index in [0.717, 1.165) is 11.9 Å². The molecule has 0 aliphatic carbocycles. The number of amides is 1. The van der Waals surface area contributed by atoms with Gasteiger partial charge >= 0.3 is 0 Å². The van der Waals surface area contributed by atoms with Crippen LogP contribution in [0.5, 0.6) is 0 Å². The van der Waals surface area contributed by atoms with Crippen LogP contribution in [0.25, 0.3) is 0 Å². The van der Waals surface area contributed by atoms with Crippen LogP contribution in [0.4, 0.5) is 4.39 Å². The van der Waals surface area contributed by atoms with Crippen LogP contribution in [0.1, 0.15) is 19.4 Å². The Labute approximate surface area is 173 Å². The number of ether oxygens (including phenoxy) is 1. The van der Waals surface area contributed by atoms with Gasteiger partial charge in [-0.05, 0) is 37.1 Å². The molecule has 1 saturated heterocycles. The van der Waals surface area contributed by atoms with Crippen molar-refractivity contribution in [3.63, 3.8) is 0 Å². The summed E-state index contributed by atoms with van der Waals surface area (Å²) in [6.07, 6.45) is 2.56. The number of carbonyl (C=O) groups excluding carboxylic acids is 2. The Morgan fingerprint density at radius 2 is 2.10 bits per heavy atom. The highest BCUT2D eigenvalue weighted by atomic mass is 35.5. The Hall–Kier alpha value is -2.64. The second-order valence-electron chi connectivity index (χ2n) is 6.85. The summed E-state index contributed by atoms with van der Waals surface area (Å²) in [6.45, 7) is 4.69. The summed E-state index contributed by atoms with van der Waals surface area (Å²) < 4.78 is 19.0. The molecule has 1 aromatic carbocycles. The molecule has 0 aromatic heterocycles. The molecule has 0 atom stereocenters. The maximum atomic E-state index is 13.4. The van der Waals surface area contributed by atoms with Crippen molar-refractivity contribution in [1.29, 1.82) is 0 Å². The molecule has 2 heterocycles. The number of rotatable bonds is 4. The maximum Gasteiger partial charge on any atom is 0.274 e. The molecule has 6 nitrogen and oxygen atoms in total. The molecule has 29 heavy (non-hydrogen) atoms. The van der Waals surface area contributed by atoms with Gasteiger partial charge in [-0.2, -0.15) is 0 Å². The predicted octanol–water partition coefficient (Wildman–Crippen LogP) is 3.34. The minimum atomic E-state index is -0.524. The lowest BCUT2D eigenvalue weighted by Crippen LogP contribution is -2.49. The van der Waals surface area contributed by atoms with Crippen LogP contribution in [-0.2, 0) is 20.9 Å². The third-order valence-corrected chi connectivity index (χ3v) is 5.29. The van der Waals surface area contributed by atoms with E-state index in [1.54, 1.807) is 21.9 Å². The summed E-state index contributed by atoms with van der Waals surface area (Å²) in [5.41, 5.74) is 2.55. The second kappa shape index (κ2) is 8.80. The van der Waals surface area contributed by atoms with Crippen LogP contribution in [0, 0.1) is 5.82 Å². The highest BCUT2D eigenvalue weighted by molar-refractivity contribution is 6.30. The van der Waals surface area contributed by atoms with Gasteiger partial charge in [0.05, 0.1) is 23.9 Å². The van der Waals surface area contributed by atoms with Crippen molar-refractivity contribution in [3.05, 3.63) is 69.0 Å². The van der Waals surface area contributed by atoms with Crippen molar-refractivity contribution in [2.24, 2.45) is 0 Å². The van der Waals surface area contributed by atoms with E-state index in [1.807, 2.05) is 6.92 Å². The third kappa shape index (κ3) is 4.21. The summed E-state index contributed by atoms with van der Waals surface area (Å²) in [5, 5.41) is 10.2. The topological polar surface area (TPSA) is 70.1 Å². The van der Waals surface area contributed by atoms with Crippen molar-refractivity contribution < 1.29 is 23.8 Å². The molecule has 154 valence electrons. The Kier molecular flexibility index (Phi) is 6.39. The zero-order chi connectivity index (χ0) is 21.1. The van der Waals surface area contributed by atoms with Gasteiger partial charge in [0.2, 0.25) is 0 Å². The number of nitrogens with zero attached hydrogens (tertiary/aromatic N) is 2. The van der Waals surface area contributed by atoms with Crippen molar-refractivity contribution >= 4 is 23.8 Å². The first-order valence-electron chi connectivity index (χ1n) is 9.19. The maximum absolute atomic E-state index is 13.4. The molecule has 8 heteroatoms. The van der Waals surface area contributed by atoms with Crippen LogP contribution < -0.4 is 0 Å². The van der Waals surface area contributed by atoms with Gasteiger partial charge in [-0.3, -0.25) is 9.59 Å². The highest BCUT2D eigenvalue weighted by Gasteiger charge is 2.35. The molecule has 3 rings (SSSR count). The number of aliphatic hydroxyl groups is 1. The van der Waals surface area contributed by atoms with Crippen molar-refractivity contribution in [2.45, 2.75) is 20.4 Å². The summed E-state index contributed by atoms with van der Waals surface area (Å²) in [4.78, 5) is 28.0. The predicted molar refractivity (Wildman–Crippen MR) is 107 cm³/mol. The second-order valence-corrected chi connectivity index (χ2v) is 7.25. The molecule has 2 aliphatic heterocycles. The number of piperazine rings is 1. The zero-order valence-corrected chi connectivity index (χ0v) is 17.0. The number of hydrogen-bond acceptors (Lipinski definition) is 5. The first kappa shape index (κ1) is 21.1. The third-order valence-electron chi connectivity index (χ3n) is 5.00. The largest absolute Gasteiger partial charge is 0.510 e. The normalized spacial score (nSPS) is 21.1. The molecule has 0 unspecified atom stereocenters. The van der Waals surface area contributed by atoms with E-state index in [0.29, 0.717) is 36.5 Å². The Morgan fingerprint density at radius 1 is 1.34 bits per heavy atom. The number of allylic oxidation sites excluding steroid dienone is 2. The van der Waals surface area contributed by atoms with Gasteiger partial charge in [0.25, 0.3) is 5.91 Å². The zero-order valence-electron chi connectivity index (χ0n) is 16.2. The van der Waals surface area contributed by atoms with Crippen LogP contribution in [0.3, 0.4) is 0 Å². The number of carbonyl (C=O) groups is 2. The van der Waals surface area contributed by atoms with E-state index in [9.17, 15) is 19.1 Å². The Balaban J connectivity index is 1.92. The molecule has 1 aromatic rings. The minimum Gasteiger partial charge on any atom is -0.510 e. The van der Waals surface area contributed by atoms with Crippen molar-refractivity contribution in [3.8, 4) is 0 Å². The lowest BCUT2D eigenvalue weighted by molar-refractivity contribution is -0.132. The number of halogens is 2. The monoisotopic (exact) mass is 420 g/mol. The van der Waals surface area contributed by atoms with Gasteiger partial charge in [-0.25, -0.2) is 4.39 Å². The number of aliphatic hydroxyl groups excluding tert-OH is 1. The Morgan fingerprint density at radius 3 is 2.72 bits per heavy atom. The number of hydrogen-bond donors (Lipinski definition) is 1. The average Bonchev–Trinajstić information content (AvgIpc) is 2.71.